The molecular formula is C24H17N3O3. The Morgan fingerprint density at radius 3 is 2.23 bits per heavy atom. The third kappa shape index (κ3) is 3.73. The molecule has 4 N–H and O–H groups in total. The van der Waals surface area contributed by atoms with Crippen LogP contribution in [0.1, 0.15) is 5.56 Å². The van der Waals surface area contributed by atoms with Crippen molar-refractivity contribution in [2.24, 2.45) is 0 Å². The van der Waals surface area contributed by atoms with Crippen molar-refractivity contribution in [1.82, 2.24) is 4.98 Å². The molecule has 0 fully saturated rings. The highest BCUT2D eigenvalue weighted by atomic mass is 16.5. The Morgan fingerprint density at radius 1 is 0.867 bits per heavy atom. The van der Waals surface area contributed by atoms with Gasteiger partial charge < -0.3 is 20.7 Å². The molecule has 0 unspecified atom stereocenters. The van der Waals surface area contributed by atoms with Crippen molar-refractivity contribution in [3.05, 3.63) is 84.4 Å². The molecule has 146 valence electrons. The van der Waals surface area contributed by atoms with E-state index in [1.54, 1.807) is 54.6 Å². The Bertz CT molecular complexity index is 1250. The average Bonchev–Trinajstić information content (AvgIpc) is 2.76. The smallest absolute Gasteiger partial charge is 0.169 e. The number of ether oxygens (including phenoxy) is 1. The number of nitrogens with zero attached hydrogens (tertiary/aromatic N) is 2. The Morgan fingerprint density at radius 2 is 1.57 bits per heavy atom. The molecule has 1 aromatic heterocycles. The van der Waals surface area contributed by atoms with E-state index in [0.29, 0.717) is 28.3 Å². The molecule has 0 saturated heterocycles. The second-order valence-electron chi connectivity index (χ2n) is 6.57. The van der Waals surface area contributed by atoms with Crippen LogP contribution < -0.4 is 10.5 Å². The molecule has 6 heteroatoms. The lowest BCUT2D eigenvalue weighted by molar-refractivity contribution is 0.411. The van der Waals surface area contributed by atoms with Crippen LogP contribution in [0.25, 0.3) is 22.4 Å². The summed E-state index contributed by atoms with van der Waals surface area (Å²) in [4.78, 5) is 4.31. The molecule has 0 aliphatic carbocycles. The number of nitrogens with two attached hydrogens (primary N) is 1. The van der Waals surface area contributed by atoms with Gasteiger partial charge in [0.05, 0.1) is 5.69 Å². The second kappa shape index (κ2) is 7.86. The standard InChI is InChI=1S/C24H17N3O3/c25-14-20-19(13-21(27-24(20)26)15-6-9-17(28)10-7-15)16-8-11-23(22(29)12-16)30-18-4-2-1-3-5-18/h1-13,28-29H,(H2,26,27). The minimum atomic E-state index is -0.0678. The highest BCUT2D eigenvalue weighted by molar-refractivity contribution is 5.81. The zero-order chi connectivity index (χ0) is 21.1. The summed E-state index contributed by atoms with van der Waals surface area (Å²) in [5.74, 6) is 1.05. The van der Waals surface area contributed by atoms with E-state index in [1.807, 2.05) is 18.2 Å². The van der Waals surface area contributed by atoms with Crippen molar-refractivity contribution in [2.45, 2.75) is 0 Å². The quantitative estimate of drug-likeness (QED) is 0.444. The molecule has 0 aliphatic heterocycles. The number of phenolic OH excluding ortho intramolecular Hbond substituents is 2. The lowest BCUT2D eigenvalue weighted by Gasteiger charge is -2.12. The predicted octanol–water partition coefficient (Wildman–Crippen LogP) is 5.07. The summed E-state index contributed by atoms with van der Waals surface area (Å²) < 4.78 is 5.71. The summed E-state index contributed by atoms with van der Waals surface area (Å²) in [6, 6.07) is 24.4. The fourth-order valence-electron chi connectivity index (χ4n) is 3.08. The van der Waals surface area contributed by atoms with Crippen LogP contribution >= 0.6 is 0 Å². The number of phenols is 2. The molecule has 0 amide bonds. The van der Waals surface area contributed by atoms with Crippen LogP contribution in [0, 0.1) is 11.3 Å². The van der Waals surface area contributed by atoms with Crippen molar-refractivity contribution < 1.29 is 14.9 Å². The van der Waals surface area contributed by atoms with Crippen LogP contribution in [0.5, 0.6) is 23.0 Å². The number of hydrogen-bond acceptors (Lipinski definition) is 6. The van der Waals surface area contributed by atoms with Gasteiger partial charge in [-0.15, -0.1) is 0 Å². The highest BCUT2D eigenvalue weighted by Crippen LogP contribution is 2.37. The summed E-state index contributed by atoms with van der Waals surface area (Å²) in [6.45, 7) is 0. The number of hydrogen-bond donors (Lipinski definition) is 3. The first-order valence-corrected chi connectivity index (χ1v) is 9.11. The first-order valence-electron chi connectivity index (χ1n) is 9.11. The molecule has 3 aromatic carbocycles. The fraction of sp³-hybridized carbons (Fsp3) is 0. The van der Waals surface area contributed by atoms with Crippen LogP contribution in [0.3, 0.4) is 0 Å². The van der Waals surface area contributed by atoms with E-state index in [1.165, 1.54) is 6.07 Å². The molecule has 30 heavy (non-hydrogen) atoms. The molecule has 0 spiro atoms. The normalized spacial score (nSPS) is 10.4. The lowest BCUT2D eigenvalue weighted by Crippen LogP contribution is -1.99. The van der Waals surface area contributed by atoms with Crippen LogP contribution in [-0.2, 0) is 0 Å². The van der Waals surface area contributed by atoms with E-state index in [9.17, 15) is 15.5 Å². The third-order valence-electron chi connectivity index (χ3n) is 4.56. The van der Waals surface area contributed by atoms with Gasteiger partial charge in [0.25, 0.3) is 0 Å². The average molecular weight is 395 g/mol. The molecule has 0 atom stereocenters. The van der Waals surface area contributed by atoms with Gasteiger partial charge in [0.2, 0.25) is 0 Å². The van der Waals surface area contributed by atoms with Gasteiger partial charge in [-0.2, -0.15) is 5.26 Å². The van der Waals surface area contributed by atoms with Crippen molar-refractivity contribution in [3.8, 4) is 51.5 Å². The summed E-state index contributed by atoms with van der Waals surface area (Å²) in [7, 11) is 0. The summed E-state index contributed by atoms with van der Waals surface area (Å²) in [6.07, 6.45) is 0. The molecule has 0 radical (unpaired) electrons. The zero-order valence-electron chi connectivity index (χ0n) is 15.8. The summed E-state index contributed by atoms with van der Waals surface area (Å²) in [5.41, 5.74) is 8.67. The minimum Gasteiger partial charge on any atom is -0.508 e. The Balaban J connectivity index is 1.76. The number of nitrogen functional groups attached to an aromatic ring is 1. The minimum absolute atomic E-state index is 0.0678. The zero-order valence-corrected chi connectivity index (χ0v) is 15.8. The van der Waals surface area contributed by atoms with E-state index in [2.05, 4.69) is 11.1 Å². The number of rotatable bonds is 4. The van der Waals surface area contributed by atoms with Gasteiger partial charge in [0.1, 0.15) is 28.9 Å². The SMILES string of the molecule is N#Cc1c(-c2ccc(Oc3ccccc3)c(O)c2)cc(-c2ccc(O)cc2)nc1N. The molecule has 4 rings (SSSR count). The van der Waals surface area contributed by atoms with Gasteiger partial charge in [-0.1, -0.05) is 24.3 Å². The highest BCUT2D eigenvalue weighted by Gasteiger charge is 2.15. The first kappa shape index (κ1) is 18.8. The van der Waals surface area contributed by atoms with Crippen LogP contribution in [0.2, 0.25) is 0 Å². The number of benzene rings is 3. The fourth-order valence-corrected chi connectivity index (χ4v) is 3.08. The Kier molecular flexibility index (Phi) is 4.93. The van der Waals surface area contributed by atoms with Crippen LogP contribution in [0.15, 0.2) is 78.9 Å². The lowest BCUT2D eigenvalue weighted by atomic mass is 9.98. The van der Waals surface area contributed by atoms with Gasteiger partial charge in [-0.3, -0.25) is 0 Å². The van der Waals surface area contributed by atoms with E-state index in [4.69, 9.17) is 10.5 Å². The number of pyridine rings is 1. The predicted molar refractivity (Wildman–Crippen MR) is 114 cm³/mol. The maximum Gasteiger partial charge on any atom is 0.169 e. The van der Waals surface area contributed by atoms with Gasteiger partial charge in [-0.05, 0) is 60.2 Å². The Labute approximate surface area is 173 Å². The number of para-hydroxylation sites is 1. The number of nitriles is 1. The van der Waals surface area contributed by atoms with E-state index < -0.39 is 0 Å². The number of aromatic hydroxyl groups is 2. The Hall–Kier alpha value is -4.50. The number of anilines is 1. The molecule has 0 aliphatic rings. The second-order valence-corrected chi connectivity index (χ2v) is 6.57. The molecule has 1 heterocycles. The van der Waals surface area contributed by atoms with Crippen molar-refractivity contribution in [2.75, 3.05) is 5.73 Å². The first-order chi connectivity index (χ1) is 14.5. The van der Waals surface area contributed by atoms with Gasteiger partial charge in [-0.25, -0.2) is 4.98 Å². The van der Waals surface area contributed by atoms with Crippen LogP contribution in [-0.4, -0.2) is 15.2 Å². The van der Waals surface area contributed by atoms with Crippen LogP contribution in [0.4, 0.5) is 5.82 Å². The maximum atomic E-state index is 10.5. The molecule has 0 bridgehead atoms. The van der Waals surface area contributed by atoms with Crippen molar-refractivity contribution in [1.29, 1.82) is 5.26 Å². The van der Waals surface area contributed by atoms with Gasteiger partial charge in [0, 0.05) is 11.1 Å². The van der Waals surface area contributed by atoms with E-state index >= 15 is 0 Å². The molecule has 4 aromatic rings. The van der Waals surface area contributed by atoms with Crippen molar-refractivity contribution in [3.63, 3.8) is 0 Å². The monoisotopic (exact) mass is 395 g/mol. The largest absolute Gasteiger partial charge is 0.508 e. The molecule has 6 nitrogen and oxygen atoms in total. The summed E-state index contributed by atoms with van der Waals surface area (Å²) >= 11 is 0. The van der Waals surface area contributed by atoms with E-state index in [0.717, 1.165) is 5.56 Å². The van der Waals surface area contributed by atoms with Crippen molar-refractivity contribution >= 4 is 5.82 Å². The number of aromatic nitrogens is 1. The van der Waals surface area contributed by atoms with Gasteiger partial charge in [0.15, 0.2) is 11.5 Å². The topological polar surface area (TPSA) is 112 Å². The van der Waals surface area contributed by atoms with Gasteiger partial charge >= 0.3 is 0 Å². The summed E-state index contributed by atoms with van der Waals surface area (Å²) in [5, 5.41) is 29.6. The third-order valence-corrected chi connectivity index (χ3v) is 4.56. The maximum absolute atomic E-state index is 10.5. The molecular weight excluding hydrogens is 378 g/mol. The molecule has 0 saturated carbocycles. The van der Waals surface area contributed by atoms with E-state index in [-0.39, 0.29) is 22.9 Å².